The van der Waals surface area contributed by atoms with Gasteiger partial charge in [-0.05, 0) is 37.9 Å². The summed E-state index contributed by atoms with van der Waals surface area (Å²) in [5, 5.41) is 0. The zero-order valence-corrected chi connectivity index (χ0v) is 12.3. The van der Waals surface area contributed by atoms with Gasteiger partial charge in [0.1, 0.15) is 6.04 Å². The normalized spacial score (nSPS) is 25.0. The maximum Gasteiger partial charge on any atom is 0.408 e. The highest BCUT2D eigenvalue weighted by Gasteiger charge is 2.46. The summed E-state index contributed by atoms with van der Waals surface area (Å²) in [4.78, 5) is 1.49. The van der Waals surface area contributed by atoms with Crippen molar-refractivity contribution in [2.45, 2.75) is 43.9 Å². The van der Waals surface area contributed by atoms with Gasteiger partial charge in [0.2, 0.25) is 0 Å². The molecule has 2 nitrogen and oxygen atoms in total. The molecule has 0 radical (unpaired) electrons. The second kappa shape index (κ2) is 6.79. The molecule has 0 spiro atoms. The summed E-state index contributed by atoms with van der Waals surface area (Å²) in [6, 6.07) is 6.49. The Hall–Kier alpha value is -1.07. The van der Waals surface area contributed by atoms with Gasteiger partial charge in [0.05, 0.1) is 0 Å². The van der Waals surface area contributed by atoms with E-state index >= 15 is 0 Å². The lowest BCUT2D eigenvalue weighted by Gasteiger charge is -2.42. The van der Waals surface area contributed by atoms with Crippen molar-refractivity contribution in [3.8, 4) is 0 Å². The summed E-state index contributed by atoms with van der Waals surface area (Å²) in [5.74, 6) is 0.150. The molecule has 0 aliphatic heterocycles. The molecule has 1 saturated carbocycles. The van der Waals surface area contributed by atoms with E-state index in [9.17, 15) is 13.2 Å². The lowest BCUT2D eigenvalue weighted by molar-refractivity contribution is -0.192. The maximum atomic E-state index is 13.6. The van der Waals surface area contributed by atoms with E-state index in [1.54, 1.807) is 37.4 Å². The minimum atomic E-state index is -4.29. The van der Waals surface area contributed by atoms with E-state index in [0.717, 1.165) is 25.7 Å². The van der Waals surface area contributed by atoms with Crippen molar-refractivity contribution in [3.05, 3.63) is 35.9 Å². The van der Waals surface area contributed by atoms with E-state index < -0.39 is 12.2 Å². The van der Waals surface area contributed by atoms with Crippen LogP contribution >= 0.6 is 0 Å². The van der Waals surface area contributed by atoms with Crippen LogP contribution in [0.25, 0.3) is 0 Å². The number of hydrogen-bond donors (Lipinski definition) is 1. The van der Waals surface area contributed by atoms with E-state index in [4.69, 9.17) is 5.73 Å². The van der Waals surface area contributed by atoms with Gasteiger partial charge in [0.15, 0.2) is 0 Å². The van der Waals surface area contributed by atoms with E-state index in [1.807, 2.05) is 0 Å². The van der Waals surface area contributed by atoms with Crippen LogP contribution in [0.4, 0.5) is 13.2 Å². The highest BCUT2D eigenvalue weighted by atomic mass is 19.4. The van der Waals surface area contributed by atoms with Crippen molar-refractivity contribution in [3.63, 3.8) is 0 Å². The van der Waals surface area contributed by atoms with Gasteiger partial charge in [0, 0.05) is 6.04 Å². The first-order valence-corrected chi connectivity index (χ1v) is 7.48. The third kappa shape index (κ3) is 3.77. The SMILES string of the molecule is CN(C1CCCCC1CN)C(c1ccccc1)C(F)(F)F. The van der Waals surface area contributed by atoms with Crippen molar-refractivity contribution in [1.29, 1.82) is 0 Å². The van der Waals surface area contributed by atoms with Crippen LogP contribution in [0.3, 0.4) is 0 Å². The standard InChI is InChI=1S/C16H23F3N2/c1-21(14-10-6-5-9-13(14)11-20)15(16(17,18)19)12-7-3-2-4-8-12/h2-4,7-8,13-15H,5-6,9-11,20H2,1H3. The average molecular weight is 300 g/mol. The molecular weight excluding hydrogens is 277 g/mol. The van der Waals surface area contributed by atoms with E-state index in [0.29, 0.717) is 12.1 Å². The van der Waals surface area contributed by atoms with Gasteiger partial charge in [0.25, 0.3) is 0 Å². The minimum Gasteiger partial charge on any atom is -0.330 e. The molecule has 118 valence electrons. The summed E-state index contributed by atoms with van der Waals surface area (Å²) >= 11 is 0. The Morgan fingerprint density at radius 2 is 1.81 bits per heavy atom. The molecule has 3 atom stereocenters. The van der Waals surface area contributed by atoms with Crippen molar-refractivity contribution >= 4 is 0 Å². The van der Waals surface area contributed by atoms with Gasteiger partial charge in [-0.1, -0.05) is 43.2 Å². The lowest BCUT2D eigenvalue weighted by atomic mass is 9.82. The number of hydrogen-bond acceptors (Lipinski definition) is 2. The molecule has 0 bridgehead atoms. The minimum absolute atomic E-state index is 0.101. The molecule has 3 unspecified atom stereocenters. The van der Waals surface area contributed by atoms with Gasteiger partial charge >= 0.3 is 6.18 Å². The lowest BCUT2D eigenvalue weighted by Crippen LogP contribution is -2.48. The van der Waals surface area contributed by atoms with Crippen LogP contribution in [0.2, 0.25) is 0 Å². The van der Waals surface area contributed by atoms with Gasteiger partial charge < -0.3 is 5.73 Å². The van der Waals surface area contributed by atoms with Crippen LogP contribution in [0.15, 0.2) is 30.3 Å². The summed E-state index contributed by atoms with van der Waals surface area (Å²) in [6.45, 7) is 0.453. The third-order valence-electron chi connectivity index (χ3n) is 4.53. The smallest absolute Gasteiger partial charge is 0.330 e. The number of rotatable bonds is 4. The highest BCUT2D eigenvalue weighted by molar-refractivity contribution is 5.21. The third-order valence-corrected chi connectivity index (χ3v) is 4.53. The zero-order chi connectivity index (χ0) is 15.5. The first kappa shape index (κ1) is 16.3. The number of nitrogens with zero attached hydrogens (tertiary/aromatic N) is 1. The Labute approximate surface area is 124 Å². The molecule has 0 heterocycles. The summed E-state index contributed by atoms with van der Waals surface area (Å²) in [6.07, 6.45) is -0.533. The van der Waals surface area contributed by atoms with Crippen molar-refractivity contribution in [1.82, 2.24) is 4.90 Å². The van der Waals surface area contributed by atoms with Crippen LogP contribution < -0.4 is 5.73 Å². The Morgan fingerprint density at radius 1 is 1.19 bits per heavy atom. The number of nitrogens with two attached hydrogens (primary N) is 1. The molecule has 1 aliphatic carbocycles. The highest BCUT2D eigenvalue weighted by Crippen LogP contribution is 2.41. The molecule has 5 heteroatoms. The van der Waals surface area contributed by atoms with Gasteiger partial charge in [-0.15, -0.1) is 0 Å². The first-order valence-electron chi connectivity index (χ1n) is 7.48. The fourth-order valence-electron chi connectivity index (χ4n) is 3.48. The fraction of sp³-hybridized carbons (Fsp3) is 0.625. The Bertz CT molecular complexity index is 433. The molecule has 21 heavy (non-hydrogen) atoms. The molecule has 1 aromatic carbocycles. The van der Waals surface area contributed by atoms with Crippen LogP contribution in [0.5, 0.6) is 0 Å². The quantitative estimate of drug-likeness (QED) is 0.918. The monoisotopic (exact) mass is 300 g/mol. The molecule has 0 aromatic heterocycles. The fourth-order valence-corrected chi connectivity index (χ4v) is 3.48. The Balaban J connectivity index is 2.28. The number of benzene rings is 1. The van der Waals surface area contributed by atoms with E-state index in [-0.39, 0.29) is 12.0 Å². The van der Waals surface area contributed by atoms with Crippen LogP contribution in [-0.4, -0.2) is 30.7 Å². The van der Waals surface area contributed by atoms with Gasteiger partial charge in [-0.2, -0.15) is 13.2 Å². The summed E-state index contributed by atoms with van der Waals surface area (Å²) in [5.41, 5.74) is 6.07. The number of alkyl halides is 3. The largest absolute Gasteiger partial charge is 0.408 e. The molecule has 1 aromatic rings. The molecule has 1 aliphatic rings. The van der Waals surface area contributed by atoms with Crippen molar-refractivity contribution < 1.29 is 13.2 Å². The average Bonchev–Trinajstić information content (AvgIpc) is 2.47. The Kier molecular flexibility index (Phi) is 5.27. The van der Waals surface area contributed by atoms with Crippen molar-refractivity contribution in [2.24, 2.45) is 11.7 Å². The molecule has 1 fully saturated rings. The zero-order valence-electron chi connectivity index (χ0n) is 12.3. The summed E-state index contributed by atoms with van der Waals surface area (Å²) in [7, 11) is 1.59. The van der Waals surface area contributed by atoms with Crippen molar-refractivity contribution in [2.75, 3.05) is 13.6 Å². The van der Waals surface area contributed by atoms with Gasteiger partial charge in [-0.25, -0.2) is 0 Å². The topological polar surface area (TPSA) is 29.3 Å². The van der Waals surface area contributed by atoms with Crippen LogP contribution in [0.1, 0.15) is 37.3 Å². The maximum absolute atomic E-state index is 13.6. The molecule has 0 saturated heterocycles. The molecular formula is C16H23F3N2. The van der Waals surface area contributed by atoms with Crippen LogP contribution in [0, 0.1) is 5.92 Å². The predicted molar refractivity (Wildman–Crippen MR) is 77.8 cm³/mol. The van der Waals surface area contributed by atoms with Crippen LogP contribution in [-0.2, 0) is 0 Å². The second-order valence-corrected chi connectivity index (χ2v) is 5.87. The number of halogens is 3. The predicted octanol–water partition coefficient (Wildman–Crippen LogP) is 3.74. The molecule has 2 rings (SSSR count). The summed E-state index contributed by atoms with van der Waals surface area (Å²) < 4.78 is 40.7. The molecule has 0 amide bonds. The van der Waals surface area contributed by atoms with E-state index in [2.05, 4.69) is 0 Å². The van der Waals surface area contributed by atoms with Gasteiger partial charge in [-0.3, -0.25) is 4.90 Å². The first-order chi connectivity index (χ1) is 9.95. The second-order valence-electron chi connectivity index (χ2n) is 5.87. The van der Waals surface area contributed by atoms with E-state index in [1.165, 1.54) is 4.90 Å². The Morgan fingerprint density at radius 3 is 2.38 bits per heavy atom. The molecule has 2 N–H and O–H groups in total.